The van der Waals surface area contributed by atoms with Crippen LogP contribution in [0.3, 0.4) is 0 Å². The molecule has 1 heteroatoms. The summed E-state index contributed by atoms with van der Waals surface area (Å²) < 4.78 is 0. The summed E-state index contributed by atoms with van der Waals surface area (Å²) in [5, 5.41) is 3.63. The number of fused-ring (bicyclic) bond motifs is 1. The van der Waals surface area contributed by atoms with Gasteiger partial charge < -0.3 is 5.32 Å². The summed E-state index contributed by atoms with van der Waals surface area (Å²) in [6.07, 6.45) is 3.48. The molecule has 1 aromatic rings. The van der Waals surface area contributed by atoms with Crippen molar-refractivity contribution in [1.82, 2.24) is 5.32 Å². The van der Waals surface area contributed by atoms with Gasteiger partial charge in [0.15, 0.2) is 0 Å². The van der Waals surface area contributed by atoms with Crippen LogP contribution in [-0.2, 0) is 0 Å². The highest BCUT2D eigenvalue weighted by molar-refractivity contribution is 5.34. The molecule has 0 radical (unpaired) electrons. The smallest absolute Gasteiger partial charge is 0.0323 e. The van der Waals surface area contributed by atoms with Gasteiger partial charge in [0.05, 0.1) is 0 Å². The Balaban J connectivity index is 2.04. The largest absolute Gasteiger partial charge is 0.309 e. The lowest BCUT2D eigenvalue weighted by molar-refractivity contribution is 0.437. The van der Waals surface area contributed by atoms with Crippen molar-refractivity contribution < 1.29 is 0 Å². The average molecular weight is 227 g/mol. The molecule has 17 heavy (non-hydrogen) atoms. The Labute approximate surface area is 105 Å². The summed E-state index contributed by atoms with van der Waals surface area (Å²) in [6.45, 7) is 5.23. The third kappa shape index (κ3) is 2.90. The lowest BCUT2D eigenvalue weighted by Gasteiger charge is -2.30. The van der Waals surface area contributed by atoms with Crippen LogP contribution >= 0.6 is 0 Å². The molecule has 2 atom stereocenters. The summed E-state index contributed by atoms with van der Waals surface area (Å²) in [5.41, 5.74) is 3.02. The molecule has 0 saturated carbocycles. The maximum Gasteiger partial charge on any atom is 0.0323 e. The summed E-state index contributed by atoms with van der Waals surface area (Å²) in [6, 6.07) is 9.38. The minimum absolute atomic E-state index is 0.529. The molecule has 1 aliphatic carbocycles. The number of nitrogens with one attached hydrogen (secondary N) is 1. The van der Waals surface area contributed by atoms with Gasteiger partial charge in [-0.2, -0.15) is 0 Å². The Morgan fingerprint density at radius 2 is 2.00 bits per heavy atom. The molecule has 2 unspecified atom stereocenters. The molecule has 0 saturated heterocycles. The highest BCUT2D eigenvalue weighted by atomic mass is 14.9. The van der Waals surface area contributed by atoms with Gasteiger partial charge in [-0.05, 0) is 36.8 Å². The molecule has 0 fully saturated rings. The number of hydrogen-bond acceptors (Lipinski definition) is 1. The Morgan fingerprint density at radius 1 is 1.24 bits per heavy atom. The van der Waals surface area contributed by atoms with E-state index in [-0.39, 0.29) is 0 Å². The lowest BCUT2D eigenvalue weighted by Crippen LogP contribution is -2.26. The van der Waals surface area contributed by atoms with Crippen molar-refractivity contribution in [3.8, 4) is 11.8 Å². The zero-order valence-electron chi connectivity index (χ0n) is 10.8. The second kappa shape index (κ2) is 5.89. The fraction of sp³-hybridized carbons (Fsp3) is 0.500. The van der Waals surface area contributed by atoms with Gasteiger partial charge in [-0.1, -0.05) is 31.2 Å². The van der Waals surface area contributed by atoms with Crippen LogP contribution < -0.4 is 5.32 Å². The predicted molar refractivity (Wildman–Crippen MR) is 72.9 cm³/mol. The Bertz CT molecular complexity index is 425. The van der Waals surface area contributed by atoms with Crippen LogP contribution in [0.4, 0.5) is 0 Å². The first kappa shape index (κ1) is 12.2. The normalized spacial score (nSPS) is 22.5. The van der Waals surface area contributed by atoms with Gasteiger partial charge in [0.25, 0.3) is 0 Å². The van der Waals surface area contributed by atoms with Gasteiger partial charge in [0.1, 0.15) is 0 Å². The SMILES string of the molecule is CC#CCCNC1CCC(C)c2ccccc21. The van der Waals surface area contributed by atoms with Crippen molar-refractivity contribution in [1.29, 1.82) is 0 Å². The second-order valence-electron chi connectivity index (χ2n) is 4.79. The first-order valence-electron chi connectivity index (χ1n) is 6.54. The van der Waals surface area contributed by atoms with E-state index in [9.17, 15) is 0 Å². The van der Waals surface area contributed by atoms with E-state index >= 15 is 0 Å². The summed E-state index contributed by atoms with van der Waals surface area (Å²) in [4.78, 5) is 0. The fourth-order valence-electron chi connectivity index (χ4n) is 2.65. The lowest BCUT2D eigenvalue weighted by atomic mass is 9.81. The maximum absolute atomic E-state index is 3.63. The summed E-state index contributed by atoms with van der Waals surface area (Å²) >= 11 is 0. The van der Waals surface area contributed by atoms with Crippen molar-refractivity contribution in [3.63, 3.8) is 0 Å². The maximum atomic E-state index is 3.63. The predicted octanol–water partition coefficient (Wildman–Crippen LogP) is 3.63. The summed E-state index contributed by atoms with van der Waals surface area (Å²) in [5.74, 6) is 6.76. The average Bonchev–Trinajstić information content (AvgIpc) is 2.37. The molecule has 0 aliphatic heterocycles. The van der Waals surface area contributed by atoms with Crippen LogP contribution in [0.15, 0.2) is 24.3 Å². The monoisotopic (exact) mass is 227 g/mol. The molecule has 0 amide bonds. The van der Waals surface area contributed by atoms with E-state index in [0.717, 1.165) is 13.0 Å². The Kier molecular flexibility index (Phi) is 4.23. The molecule has 90 valence electrons. The topological polar surface area (TPSA) is 12.0 Å². The van der Waals surface area contributed by atoms with Crippen molar-refractivity contribution in [2.75, 3.05) is 6.54 Å². The zero-order chi connectivity index (χ0) is 12.1. The van der Waals surface area contributed by atoms with Crippen molar-refractivity contribution >= 4 is 0 Å². The van der Waals surface area contributed by atoms with Gasteiger partial charge in [-0.25, -0.2) is 0 Å². The van der Waals surface area contributed by atoms with Crippen LogP contribution in [0.1, 0.15) is 56.2 Å². The third-order valence-electron chi connectivity index (χ3n) is 3.61. The Morgan fingerprint density at radius 3 is 2.76 bits per heavy atom. The van der Waals surface area contributed by atoms with E-state index in [0.29, 0.717) is 12.0 Å². The van der Waals surface area contributed by atoms with E-state index in [4.69, 9.17) is 0 Å². The van der Waals surface area contributed by atoms with E-state index in [1.165, 1.54) is 24.0 Å². The fourth-order valence-corrected chi connectivity index (χ4v) is 2.65. The van der Waals surface area contributed by atoms with Crippen molar-refractivity contribution in [3.05, 3.63) is 35.4 Å². The quantitative estimate of drug-likeness (QED) is 0.614. The molecule has 1 aliphatic rings. The molecule has 1 aromatic carbocycles. The number of benzene rings is 1. The number of rotatable bonds is 3. The highest BCUT2D eigenvalue weighted by Crippen LogP contribution is 2.36. The molecule has 0 heterocycles. The van der Waals surface area contributed by atoms with Crippen LogP contribution in [0.5, 0.6) is 0 Å². The molecular weight excluding hydrogens is 206 g/mol. The van der Waals surface area contributed by atoms with Gasteiger partial charge in [-0.15, -0.1) is 11.8 Å². The minimum atomic E-state index is 0.529. The van der Waals surface area contributed by atoms with Crippen LogP contribution in [0.25, 0.3) is 0 Å². The van der Waals surface area contributed by atoms with E-state index in [1.54, 1.807) is 0 Å². The van der Waals surface area contributed by atoms with Crippen LogP contribution in [0, 0.1) is 11.8 Å². The molecule has 0 bridgehead atoms. The van der Waals surface area contributed by atoms with Gasteiger partial charge in [0, 0.05) is 19.0 Å². The highest BCUT2D eigenvalue weighted by Gasteiger charge is 2.23. The van der Waals surface area contributed by atoms with Crippen LogP contribution in [-0.4, -0.2) is 6.54 Å². The van der Waals surface area contributed by atoms with Gasteiger partial charge >= 0.3 is 0 Å². The molecule has 1 nitrogen and oxygen atoms in total. The molecule has 0 spiro atoms. The molecule has 2 rings (SSSR count). The van der Waals surface area contributed by atoms with E-state index in [2.05, 4.69) is 48.3 Å². The first-order valence-corrected chi connectivity index (χ1v) is 6.54. The first-order chi connectivity index (χ1) is 8.33. The Hall–Kier alpha value is -1.26. The molecular formula is C16H21N. The van der Waals surface area contributed by atoms with Gasteiger partial charge in [-0.3, -0.25) is 0 Å². The number of hydrogen-bond donors (Lipinski definition) is 1. The minimum Gasteiger partial charge on any atom is -0.309 e. The van der Waals surface area contributed by atoms with Crippen molar-refractivity contribution in [2.24, 2.45) is 0 Å². The standard InChI is InChI=1S/C16H21N/c1-3-4-7-12-17-16-11-10-13(2)14-8-5-6-9-15(14)16/h5-6,8-9,13,16-17H,7,10-12H2,1-2H3. The van der Waals surface area contributed by atoms with Crippen molar-refractivity contribution in [2.45, 2.75) is 45.1 Å². The van der Waals surface area contributed by atoms with E-state index < -0.39 is 0 Å². The van der Waals surface area contributed by atoms with Crippen LogP contribution in [0.2, 0.25) is 0 Å². The summed E-state index contributed by atoms with van der Waals surface area (Å²) in [7, 11) is 0. The zero-order valence-corrected chi connectivity index (χ0v) is 10.8. The third-order valence-corrected chi connectivity index (χ3v) is 3.61. The van der Waals surface area contributed by atoms with E-state index in [1.807, 2.05) is 6.92 Å². The second-order valence-corrected chi connectivity index (χ2v) is 4.79. The van der Waals surface area contributed by atoms with Gasteiger partial charge in [0.2, 0.25) is 0 Å². The molecule has 1 N–H and O–H groups in total. The molecule has 0 aromatic heterocycles.